The van der Waals surface area contributed by atoms with E-state index in [1.165, 1.54) is 8.47 Å². The van der Waals surface area contributed by atoms with Gasteiger partial charge in [-0.3, -0.25) is 0 Å². The van der Waals surface area contributed by atoms with E-state index in [9.17, 15) is 0 Å². The van der Waals surface area contributed by atoms with Gasteiger partial charge in [0.05, 0.1) is 8.47 Å². The summed E-state index contributed by atoms with van der Waals surface area (Å²) in [5, 5.41) is 8.53. The predicted octanol–water partition coefficient (Wildman–Crippen LogP) is 4.01. The van der Waals surface area contributed by atoms with Crippen LogP contribution in [0, 0.1) is 0 Å². The zero-order chi connectivity index (χ0) is 6.81. The van der Waals surface area contributed by atoms with Gasteiger partial charge < -0.3 is 0 Å². The molecule has 0 atom stereocenters. The zero-order valence-electron chi connectivity index (χ0n) is 5.24. The van der Waals surface area contributed by atoms with Gasteiger partial charge in [-0.2, -0.15) is 0 Å². The standard InChI is InChI=1S/C6H4S4.Cu/c1-2-8-5(7-1)6-9-3-4-10-6;/h1-4H;. The van der Waals surface area contributed by atoms with Gasteiger partial charge in [0.2, 0.25) is 0 Å². The molecule has 2 aliphatic rings. The minimum Gasteiger partial charge on any atom is -0.0884 e. The van der Waals surface area contributed by atoms with E-state index in [1.54, 1.807) is 0 Å². The molecule has 0 nitrogen and oxygen atoms in total. The van der Waals surface area contributed by atoms with E-state index in [-0.39, 0.29) is 17.1 Å². The summed E-state index contributed by atoms with van der Waals surface area (Å²) in [6.07, 6.45) is 0. The Balaban J connectivity index is 0.000000605. The van der Waals surface area contributed by atoms with Crippen molar-refractivity contribution in [3.63, 3.8) is 0 Å². The van der Waals surface area contributed by atoms with Gasteiger partial charge in [0.15, 0.2) is 0 Å². The van der Waals surface area contributed by atoms with Gasteiger partial charge in [-0.1, -0.05) is 47.0 Å². The Morgan fingerprint density at radius 1 is 0.636 bits per heavy atom. The quantitative estimate of drug-likeness (QED) is 0.608. The van der Waals surface area contributed by atoms with Gasteiger partial charge in [-0.05, 0) is 21.6 Å². The average Bonchev–Trinajstić information content (AvgIpc) is 2.59. The molecule has 0 aliphatic carbocycles. The molecule has 0 fully saturated rings. The molecule has 2 aliphatic heterocycles. The van der Waals surface area contributed by atoms with E-state index < -0.39 is 0 Å². The maximum absolute atomic E-state index is 2.13. The van der Waals surface area contributed by atoms with Crippen molar-refractivity contribution in [1.82, 2.24) is 0 Å². The maximum Gasteiger partial charge on any atom is 0.0694 e. The molecule has 0 aromatic carbocycles. The van der Waals surface area contributed by atoms with E-state index in [0.29, 0.717) is 0 Å². The number of rotatable bonds is 0. The molecule has 0 saturated heterocycles. The van der Waals surface area contributed by atoms with Crippen LogP contribution in [0.3, 0.4) is 0 Å². The van der Waals surface area contributed by atoms with Gasteiger partial charge in [-0.15, -0.1) is 0 Å². The van der Waals surface area contributed by atoms with Crippen molar-refractivity contribution in [3.8, 4) is 0 Å². The Morgan fingerprint density at radius 2 is 0.909 bits per heavy atom. The topological polar surface area (TPSA) is 0 Å². The van der Waals surface area contributed by atoms with Crippen LogP contribution < -0.4 is 0 Å². The minimum atomic E-state index is 0. The summed E-state index contributed by atoms with van der Waals surface area (Å²) in [6.45, 7) is 0. The Morgan fingerprint density at radius 3 is 1.18 bits per heavy atom. The van der Waals surface area contributed by atoms with Crippen molar-refractivity contribution in [1.29, 1.82) is 0 Å². The smallest absolute Gasteiger partial charge is 0.0694 e. The van der Waals surface area contributed by atoms with Crippen LogP contribution >= 0.6 is 47.0 Å². The summed E-state index contributed by atoms with van der Waals surface area (Å²) in [4.78, 5) is 0. The van der Waals surface area contributed by atoms with Crippen molar-refractivity contribution < 1.29 is 17.1 Å². The molecule has 0 spiro atoms. The van der Waals surface area contributed by atoms with E-state index in [0.717, 1.165) is 0 Å². The second kappa shape index (κ2) is 5.00. The summed E-state index contributed by atoms with van der Waals surface area (Å²) in [7, 11) is 0. The maximum atomic E-state index is 2.13. The zero-order valence-corrected chi connectivity index (χ0v) is 9.45. The summed E-state index contributed by atoms with van der Waals surface area (Å²) in [5.74, 6) is 0. The molecule has 2 rings (SSSR count). The van der Waals surface area contributed by atoms with E-state index in [4.69, 9.17) is 0 Å². The molecule has 11 heavy (non-hydrogen) atoms. The Hall–Kier alpha value is 1.14. The first-order chi connectivity index (χ1) is 4.97. The Labute approximate surface area is 93.6 Å². The fraction of sp³-hybridized carbons (Fsp3) is 0. The minimum absolute atomic E-state index is 0. The summed E-state index contributed by atoms with van der Waals surface area (Å²) < 4.78 is 2.86. The molecular weight excluding hydrogens is 264 g/mol. The van der Waals surface area contributed by atoms with Gasteiger partial charge in [0, 0.05) is 17.1 Å². The summed E-state index contributed by atoms with van der Waals surface area (Å²) >= 11 is 7.28. The molecule has 5 heteroatoms. The van der Waals surface area contributed by atoms with Gasteiger partial charge in [0.1, 0.15) is 0 Å². The molecule has 0 aromatic rings. The summed E-state index contributed by atoms with van der Waals surface area (Å²) in [6, 6.07) is 0. The first-order valence-corrected chi connectivity index (χ1v) is 6.19. The number of thioether (sulfide) groups is 4. The van der Waals surface area contributed by atoms with E-state index in [2.05, 4.69) is 21.6 Å². The van der Waals surface area contributed by atoms with Crippen LogP contribution in [0.5, 0.6) is 0 Å². The van der Waals surface area contributed by atoms with Crippen LogP contribution in [0.1, 0.15) is 0 Å². The van der Waals surface area contributed by atoms with Crippen LogP contribution in [-0.4, -0.2) is 0 Å². The SMILES string of the molecule is C1=CSC(=C2SC=CS2)S1.[Cu]. The molecule has 0 saturated carbocycles. The Bertz CT molecular complexity index is 187. The third-order valence-electron chi connectivity index (χ3n) is 0.978. The van der Waals surface area contributed by atoms with Gasteiger partial charge >= 0.3 is 0 Å². The molecule has 0 aromatic heterocycles. The molecule has 63 valence electrons. The number of hydrogen-bond donors (Lipinski definition) is 0. The van der Waals surface area contributed by atoms with Crippen molar-refractivity contribution in [2.24, 2.45) is 0 Å². The fourth-order valence-electron chi connectivity index (χ4n) is 0.606. The first kappa shape index (κ1) is 10.2. The van der Waals surface area contributed by atoms with Crippen LogP contribution in [-0.2, 0) is 17.1 Å². The molecule has 0 amide bonds. The molecule has 2 heterocycles. The van der Waals surface area contributed by atoms with Crippen LogP contribution in [0.4, 0.5) is 0 Å². The number of hydrogen-bond acceptors (Lipinski definition) is 4. The average molecular weight is 268 g/mol. The van der Waals surface area contributed by atoms with Crippen molar-refractivity contribution in [2.75, 3.05) is 0 Å². The monoisotopic (exact) mass is 267 g/mol. The molecule has 0 N–H and O–H groups in total. The first-order valence-electron chi connectivity index (χ1n) is 2.68. The van der Waals surface area contributed by atoms with Crippen LogP contribution in [0.25, 0.3) is 0 Å². The molecule has 0 unspecified atom stereocenters. The van der Waals surface area contributed by atoms with Crippen molar-refractivity contribution in [2.45, 2.75) is 0 Å². The van der Waals surface area contributed by atoms with Crippen molar-refractivity contribution in [3.05, 3.63) is 30.1 Å². The molecular formula is C6H4CuS4. The van der Waals surface area contributed by atoms with Crippen LogP contribution in [0.15, 0.2) is 30.1 Å². The van der Waals surface area contributed by atoms with Crippen LogP contribution in [0.2, 0.25) is 0 Å². The van der Waals surface area contributed by atoms with E-state index >= 15 is 0 Å². The second-order valence-corrected chi connectivity index (χ2v) is 5.77. The molecule has 1 radical (unpaired) electrons. The Kier molecular flexibility index (Phi) is 4.64. The fourth-order valence-corrected chi connectivity index (χ4v) is 4.64. The predicted molar refractivity (Wildman–Crippen MR) is 55.7 cm³/mol. The summed E-state index contributed by atoms with van der Waals surface area (Å²) in [5.41, 5.74) is 0. The van der Waals surface area contributed by atoms with Gasteiger partial charge in [-0.25, -0.2) is 0 Å². The van der Waals surface area contributed by atoms with Gasteiger partial charge in [0.25, 0.3) is 0 Å². The largest absolute Gasteiger partial charge is 0.0884 e. The third kappa shape index (κ3) is 2.54. The third-order valence-corrected chi connectivity index (χ3v) is 5.76. The normalized spacial score (nSPS) is 21.1. The second-order valence-electron chi connectivity index (χ2n) is 1.59. The van der Waals surface area contributed by atoms with Crippen molar-refractivity contribution >= 4 is 47.0 Å². The molecule has 0 bridgehead atoms. The van der Waals surface area contributed by atoms with E-state index in [1.807, 2.05) is 47.0 Å².